The Bertz CT molecular complexity index is 708. The summed E-state index contributed by atoms with van der Waals surface area (Å²) in [7, 11) is -3.03. The molecule has 100 valence electrons. The van der Waals surface area contributed by atoms with E-state index in [4.69, 9.17) is 5.14 Å². The van der Waals surface area contributed by atoms with Gasteiger partial charge < -0.3 is 4.74 Å². The maximum atomic E-state index is 11.6. The van der Waals surface area contributed by atoms with Crippen LogP contribution in [0.1, 0.15) is 10.4 Å². The number of carbonyl (C=O) groups is 1. The number of rotatable bonds is 3. The number of carbonyl (C=O) groups excluding carboxylic acids is 1. The van der Waals surface area contributed by atoms with E-state index < -0.39 is 21.0 Å². The van der Waals surface area contributed by atoms with Crippen LogP contribution in [0, 0.1) is 0 Å². The van der Waals surface area contributed by atoms with Gasteiger partial charge in [0.05, 0.1) is 13.3 Å². The number of ether oxygens (including phenoxy) is 1. The molecule has 0 radical (unpaired) electrons. The van der Waals surface area contributed by atoms with Gasteiger partial charge in [-0.15, -0.1) is 0 Å². The molecule has 0 amide bonds. The van der Waals surface area contributed by atoms with Crippen molar-refractivity contribution in [2.75, 3.05) is 7.11 Å². The van der Waals surface area contributed by atoms with Gasteiger partial charge in [-0.1, -0.05) is 6.07 Å². The summed E-state index contributed by atoms with van der Waals surface area (Å²) < 4.78 is 28.7. The highest BCUT2D eigenvalue weighted by atomic mass is 32.2. The Morgan fingerprint density at radius 3 is 2.68 bits per heavy atom. The first-order valence-corrected chi connectivity index (χ1v) is 6.60. The number of nitrogens with zero attached hydrogens (tertiary/aromatic N) is 3. The molecule has 0 unspecified atom stereocenters. The molecule has 2 heterocycles. The molecular weight excluding hydrogens is 272 g/mol. The van der Waals surface area contributed by atoms with Crippen molar-refractivity contribution in [3.63, 3.8) is 0 Å². The van der Waals surface area contributed by atoms with Crippen molar-refractivity contribution in [1.82, 2.24) is 14.8 Å². The summed E-state index contributed by atoms with van der Waals surface area (Å²) in [6.45, 7) is 0. The minimum Gasteiger partial charge on any atom is -0.465 e. The molecule has 0 fully saturated rings. The molecule has 0 aliphatic rings. The third kappa shape index (κ3) is 2.46. The second-order valence-corrected chi connectivity index (χ2v) is 4.98. The standard InChI is InChI=1S/C10H10N4O4S/c1-18-10(15)7-6-13-14(9(7)19(11,16)17)8-4-2-3-5-12-8/h2-6H,1H3,(H2,11,16,17). The molecule has 2 rings (SSSR count). The molecule has 0 bridgehead atoms. The van der Waals surface area contributed by atoms with Crippen molar-refractivity contribution in [2.24, 2.45) is 5.14 Å². The smallest absolute Gasteiger partial charge is 0.342 e. The van der Waals surface area contributed by atoms with Crippen LogP contribution in [0.5, 0.6) is 0 Å². The van der Waals surface area contributed by atoms with Gasteiger partial charge in [0.2, 0.25) is 0 Å². The summed E-state index contributed by atoms with van der Waals surface area (Å²) in [5.74, 6) is -0.618. The van der Waals surface area contributed by atoms with Crippen molar-refractivity contribution in [2.45, 2.75) is 5.03 Å². The predicted molar refractivity (Wildman–Crippen MR) is 64.1 cm³/mol. The van der Waals surface area contributed by atoms with Gasteiger partial charge in [0.1, 0.15) is 5.56 Å². The highest BCUT2D eigenvalue weighted by Gasteiger charge is 2.27. The molecule has 0 aliphatic heterocycles. The zero-order valence-electron chi connectivity index (χ0n) is 9.85. The van der Waals surface area contributed by atoms with Gasteiger partial charge in [0.25, 0.3) is 10.0 Å². The lowest BCUT2D eigenvalue weighted by Gasteiger charge is -2.05. The lowest BCUT2D eigenvalue weighted by Crippen LogP contribution is -2.21. The normalized spacial score (nSPS) is 11.3. The molecule has 8 nitrogen and oxygen atoms in total. The molecule has 0 saturated heterocycles. The van der Waals surface area contributed by atoms with Crippen molar-refractivity contribution in [3.05, 3.63) is 36.2 Å². The van der Waals surface area contributed by atoms with Gasteiger partial charge in [0, 0.05) is 6.20 Å². The third-order valence-corrected chi connectivity index (χ3v) is 3.20. The van der Waals surface area contributed by atoms with Crippen molar-refractivity contribution < 1.29 is 17.9 Å². The zero-order valence-corrected chi connectivity index (χ0v) is 10.7. The van der Waals surface area contributed by atoms with Crippen molar-refractivity contribution in [3.8, 4) is 5.82 Å². The fourth-order valence-corrected chi connectivity index (χ4v) is 2.33. The number of hydrogen-bond acceptors (Lipinski definition) is 6. The Labute approximate surface area is 108 Å². The summed E-state index contributed by atoms with van der Waals surface area (Å²) in [5.41, 5.74) is -0.240. The average Bonchev–Trinajstić information content (AvgIpc) is 2.83. The Hall–Kier alpha value is -2.26. The molecule has 9 heteroatoms. The van der Waals surface area contributed by atoms with E-state index in [0.29, 0.717) is 0 Å². The van der Waals surface area contributed by atoms with Gasteiger partial charge in [0.15, 0.2) is 10.8 Å². The number of esters is 1. The summed E-state index contributed by atoms with van der Waals surface area (Å²) in [6, 6.07) is 4.84. The highest BCUT2D eigenvalue weighted by Crippen LogP contribution is 2.18. The summed E-state index contributed by atoms with van der Waals surface area (Å²) in [5, 5.41) is 8.46. The van der Waals surface area contributed by atoms with E-state index in [9.17, 15) is 13.2 Å². The van der Waals surface area contributed by atoms with Gasteiger partial charge in [-0.3, -0.25) is 0 Å². The molecule has 0 aromatic carbocycles. The van der Waals surface area contributed by atoms with Crippen LogP contribution >= 0.6 is 0 Å². The Morgan fingerprint density at radius 2 is 2.16 bits per heavy atom. The molecule has 19 heavy (non-hydrogen) atoms. The third-order valence-electron chi connectivity index (χ3n) is 2.27. The SMILES string of the molecule is COC(=O)c1cnn(-c2ccccn2)c1S(N)(=O)=O. The number of methoxy groups -OCH3 is 1. The first-order chi connectivity index (χ1) is 8.95. The van der Waals surface area contributed by atoms with Crippen molar-refractivity contribution in [1.29, 1.82) is 0 Å². The summed E-state index contributed by atoms with van der Waals surface area (Å²) >= 11 is 0. The Balaban J connectivity index is 2.71. The lowest BCUT2D eigenvalue weighted by atomic mass is 10.4. The monoisotopic (exact) mass is 282 g/mol. The van der Waals surface area contributed by atoms with Gasteiger partial charge in [-0.05, 0) is 12.1 Å². The summed E-state index contributed by atoms with van der Waals surface area (Å²) in [6.07, 6.45) is 2.53. The quantitative estimate of drug-likeness (QED) is 0.772. The molecule has 2 aromatic rings. The van der Waals surface area contributed by atoms with Crippen LogP contribution in [0.25, 0.3) is 5.82 Å². The highest BCUT2D eigenvalue weighted by molar-refractivity contribution is 7.89. The zero-order chi connectivity index (χ0) is 14.0. The second-order valence-electron chi connectivity index (χ2n) is 3.50. The number of sulfonamides is 1. The van der Waals surface area contributed by atoms with E-state index in [-0.39, 0.29) is 11.4 Å². The molecule has 0 saturated carbocycles. The average molecular weight is 282 g/mol. The maximum absolute atomic E-state index is 11.6. The lowest BCUT2D eigenvalue weighted by molar-refractivity contribution is 0.0596. The molecular formula is C10H10N4O4S. The fourth-order valence-electron chi connectivity index (χ4n) is 1.50. The maximum Gasteiger partial charge on any atom is 0.342 e. The molecule has 0 atom stereocenters. The molecule has 0 spiro atoms. The van der Waals surface area contributed by atoms with Crippen LogP contribution < -0.4 is 5.14 Å². The van der Waals surface area contributed by atoms with Crippen molar-refractivity contribution >= 4 is 16.0 Å². The van der Waals surface area contributed by atoms with Crippen LogP contribution in [0.3, 0.4) is 0 Å². The molecule has 0 aliphatic carbocycles. The van der Waals surface area contributed by atoms with E-state index in [0.717, 1.165) is 18.0 Å². The Kier molecular flexibility index (Phi) is 3.32. The van der Waals surface area contributed by atoms with Crippen LogP contribution in [-0.2, 0) is 14.8 Å². The topological polar surface area (TPSA) is 117 Å². The number of nitrogens with two attached hydrogens (primary N) is 1. The first-order valence-electron chi connectivity index (χ1n) is 5.05. The van der Waals surface area contributed by atoms with E-state index in [1.54, 1.807) is 12.1 Å². The number of primary sulfonamides is 1. The Morgan fingerprint density at radius 1 is 1.42 bits per heavy atom. The minimum absolute atomic E-state index is 0.224. The van der Waals surface area contributed by atoms with Gasteiger partial charge in [-0.25, -0.2) is 28.0 Å². The van der Waals surface area contributed by atoms with E-state index in [1.807, 2.05) is 0 Å². The predicted octanol–water partition coefficient (Wildman–Crippen LogP) is -0.299. The second kappa shape index (κ2) is 4.78. The van der Waals surface area contributed by atoms with Crippen LogP contribution in [0.4, 0.5) is 0 Å². The first kappa shape index (κ1) is 13.2. The van der Waals surface area contributed by atoms with E-state index in [1.165, 1.54) is 12.3 Å². The number of aromatic nitrogens is 3. The largest absolute Gasteiger partial charge is 0.465 e. The van der Waals surface area contributed by atoms with E-state index >= 15 is 0 Å². The molecule has 2 N–H and O–H groups in total. The fraction of sp³-hybridized carbons (Fsp3) is 0.100. The van der Waals surface area contributed by atoms with Crippen LogP contribution in [-0.4, -0.2) is 36.3 Å². The van der Waals surface area contributed by atoms with Gasteiger partial charge in [-0.2, -0.15) is 5.10 Å². The summed E-state index contributed by atoms with van der Waals surface area (Å²) in [4.78, 5) is 15.5. The number of pyridine rings is 1. The van der Waals surface area contributed by atoms with E-state index in [2.05, 4.69) is 14.8 Å². The van der Waals surface area contributed by atoms with Gasteiger partial charge >= 0.3 is 5.97 Å². The van der Waals surface area contributed by atoms with Crippen LogP contribution in [0.15, 0.2) is 35.6 Å². The minimum atomic E-state index is -4.16. The molecule has 2 aromatic heterocycles. The number of hydrogen-bond donors (Lipinski definition) is 1. The van der Waals surface area contributed by atoms with Crippen LogP contribution in [0.2, 0.25) is 0 Å².